The molecule has 0 aliphatic rings. The van der Waals surface area contributed by atoms with E-state index in [-0.39, 0.29) is 24.3 Å². The minimum absolute atomic E-state index is 0.00733. The predicted octanol–water partition coefficient (Wildman–Crippen LogP) is 6.91. The van der Waals surface area contributed by atoms with Gasteiger partial charge in [-0.3, -0.25) is 10.1 Å². The summed E-state index contributed by atoms with van der Waals surface area (Å²) in [7, 11) is 0. The molecular formula is C32H34N4O6. The molecule has 0 fully saturated rings. The zero-order valence-corrected chi connectivity index (χ0v) is 23.7. The van der Waals surface area contributed by atoms with Gasteiger partial charge in [0.1, 0.15) is 24.7 Å². The molecule has 10 heteroatoms. The van der Waals surface area contributed by atoms with Gasteiger partial charge in [0.25, 0.3) is 5.69 Å². The second-order valence-corrected chi connectivity index (χ2v) is 10.3. The van der Waals surface area contributed by atoms with E-state index < -0.39 is 17.3 Å². The number of anilines is 1. The van der Waals surface area contributed by atoms with Crippen LogP contribution in [-0.2, 0) is 5.41 Å². The molecule has 4 rings (SSSR count). The lowest BCUT2D eigenvalue weighted by atomic mass is 9.78. The fraction of sp³-hybridized carbons (Fsp3) is 0.250. The molecule has 0 radical (unpaired) electrons. The number of azo groups is 1. The summed E-state index contributed by atoms with van der Waals surface area (Å²) in [5.41, 5.74) is 3.74. The quantitative estimate of drug-likeness (QED) is 0.0687. The fourth-order valence-corrected chi connectivity index (χ4v) is 4.11. The van der Waals surface area contributed by atoms with Gasteiger partial charge in [-0.15, -0.1) is 0 Å². The Hall–Kier alpha value is -4.80. The van der Waals surface area contributed by atoms with Gasteiger partial charge in [-0.1, -0.05) is 38.1 Å². The number of nitrogens with zero attached hydrogens (tertiary/aromatic N) is 3. The molecule has 218 valence electrons. The molecule has 0 aromatic heterocycles. The second-order valence-electron chi connectivity index (χ2n) is 10.3. The number of rotatable bonds is 13. The van der Waals surface area contributed by atoms with Crippen LogP contribution >= 0.6 is 0 Å². The number of aliphatic hydroxyl groups excluding tert-OH is 2. The number of nitrogens with one attached hydrogen (secondary N) is 1. The van der Waals surface area contributed by atoms with Gasteiger partial charge in [-0.05, 0) is 78.7 Å². The first-order valence-electron chi connectivity index (χ1n) is 13.5. The molecule has 0 spiro atoms. The van der Waals surface area contributed by atoms with Crippen LogP contribution in [0.15, 0.2) is 107 Å². The van der Waals surface area contributed by atoms with E-state index in [1.165, 1.54) is 24.3 Å². The number of ether oxygens (including phenoxy) is 2. The molecule has 0 amide bonds. The van der Waals surface area contributed by atoms with Crippen LogP contribution in [0.1, 0.15) is 31.9 Å². The van der Waals surface area contributed by atoms with E-state index in [0.29, 0.717) is 28.6 Å². The largest absolute Gasteiger partial charge is 0.491 e. The number of nitro benzene ring substituents is 1. The molecule has 4 aromatic carbocycles. The van der Waals surface area contributed by atoms with Crippen molar-refractivity contribution in [1.29, 1.82) is 0 Å². The summed E-state index contributed by atoms with van der Waals surface area (Å²) >= 11 is 0. The average Bonchev–Trinajstić information content (AvgIpc) is 2.99. The molecule has 2 atom stereocenters. The molecule has 0 saturated heterocycles. The third-order valence-corrected chi connectivity index (χ3v) is 6.59. The average molecular weight is 571 g/mol. The van der Waals surface area contributed by atoms with Crippen LogP contribution in [0.3, 0.4) is 0 Å². The van der Waals surface area contributed by atoms with Crippen molar-refractivity contribution < 1.29 is 24.6 Å². The molecule has 0 saturated carbocycles. The maximum absolute atomic E-state index is 10.8. The van der Waals surface area contributed by atoms with E-state index in [2.05, 4.69) is 29.4 Å². The van der Waals surface area contributed by atoms with Crippen molar-refractivity contribution >= 4 is 22.7 Å². The first-order chi connectivity index (χ1) is 20.1. The Morgan fingerprint density at radius 1 is 0.762 bits per heavy atom. The van der Waals surface area contributed by atoms with Gasteiger partial charge in [0.2, 0.25) is 0 Å². The van der Waals surface area contributed by atoms with Crippen molar-refractivity contribution in [3.8, 4) is 11.5 Å². The van der Waals surface area contributed by atoms with E-state index in [1.54, 1.807) is 31.2 Å². The number of hydrogen-bond donors (Lipinski definition) is 3. The Kier molecular flexibility index (Phi) is 9.85. The first kappa shape index (κ1) is 30.2. The monoisotopic (exact) mass is 570 g/mol. The number of aliphatic hydroxyl groups is 2. The van der Waals surface area contributed by atoms with E-state index in [0.717, 1.165) is 11.1 Å². The highest BCUT2D eigenvalue weighted by molar-refractivity contribution is 5.51. The first-order valence-corrected chi connectivity index (χ1v) is 13.5. The summed E-state index contributed by atoms with van der Waals surface area (Å²) in [5.74, 6) is 1.35. The summed E-state index contributed by atoms with van der Waals surface area (Å²) < 4.78 is 11.3. The van der Waals surface area contributed by atoms with Gasteiger partial charge in [0.05, 0.1) is 22.4 Å². The highest BCUT2D eigenvalue weighted by Crippen LogP contribution is 2.33. The molecule has 0 bridgehead atoms. The SMILES string of the molecule is CC(O)COc1ccc(C(C)(C)c2ccc(OCC(O)Nc3ccc(N=Nc4ccc([N+](=O)[O-])cc4)cc3)cc2)cc1. The summed E-state index contributed by atoms with van der Waals surface area (Å²) in [6.45, 7) is 6.26. The smallest absolute Gasteiger partial charge is 0.269 e. The number of non-ortho nitro benzene ring substituents is 1. The lowest BCUT2D eigenvalue weighted by molar-refractivity contribution is -0.384. The van der Waals surface area contributed by atoms with Crippen molar-refractivity contribution in [3.63, 3.8) is 0 Å². The Balaban J connectivity index is 1.26. The topological polar surface area (TPSA) is 139 Å². The molecule has 0 aliphatic carbocycles. The zero-order chi connectivity index (χ0) is 30.1. The summed E-state index contributed by atoms with van der Waals surface area (Å²) in [6.07, 6.45) is -1.46. The van der Waals surface area contributed by atoms with Crippen molar-refractivity contribution in [3.05, 3.63) is 118 Å². The molecule has 4 aromatic rings. The third kappa shape index (κ3) is 8.35. The molecule has 0 aliphatic heterocycles. The van der Waals surface area contributed by atoms with Crippen LogP contribution < -0.4 is 14.8 Å². The second kappa shape index (κ2) is 13.7. The molecule has 10 nitrogen and oxygen atoms in total. The fourth-order valence-electron chi connectivity index (χ4n) is 4.11. The van der Waals surface area contributed by atoms with E-state index in [9.17, 15) is 20.3 Å². The van der Waals surface area contributed by atoms with E-state index in [1.807, 2.05) is 48.5 Å². The molecule has 0 heterocycles. The Bertz CT molecular complexity index is 1470. The number of benzene rings is 4. The molecule has 2 unspecified atom stereocenters. The van der Waals surface area contributed by atoms with Crippen molar-refractivity contribution in [2.75, 3.05) is 18.5 Å². The van der Waals surface area contributed by atoms with Crippen molar-refractivity contribution in [2.24, 2.45) is 10.2 Å². The molecule has 42 heavy (non-hydrogen) atoms. The Morgan fingerprint density at radius 3 is 1.67 bits per heavy atom. The normalized spacial score (nSPS) is 13.0. The Morgan fingerprint density at radius 2 is 1.21 bits per heavy atom. The van der Waals surface area contributed by atoms with Gasteiger partial charge in [-0.2, -0.15) is 10.2 Å². The number of hydrogen-bond acceptors (Lipinski definition) is 9. The van der Waals surface area contributed by atoms with Crippen LogP contribution in [0.4, 0.5) is 22.7 Å². The maximum atomic E-state index is 10.8. The minimum Gasteiger partial charge on any atom is -0.491 e. The van der Waals surface area contributed by atoms with Gasteiger partial charge in [-0.25, -0.2) is 0 Å². The van der Waals surface area contributed by atoms with Gasteiger partial charge in [0, 0.05) is 23.2 Å². The van der Waals surface area contributed by atoms with E-state index in [4.69, 9.17) is 9.47 Å². The standard InChI is InChI=1S/C32H34N4O6/c1-22(37)20-41-29-16-4-23(5-17-29)32(2,3)24-6-18-30(19-7-24)42-21-31(38)33-25-8-10-26(11-9-25)34-35-27-12-14-28(15-13-27)36(39)40/h4-19,22,31,33,37-38H,20-21H2,1-3H3. The molecule has 3 N–H and O–H groups in total. The van der Waals surface area contributed by atoms with Gasteiger partial charge >= 0.3 is 0 Å². The highest BCUT2D eigenvalue weighted by atomic mass is 16.6. The van der Waals surface area contributed by atoms with Crippen LogP contribution in [0.25, 0.3) is 0 Å². The lowest BCUT2D eigenvalue weighted by Gasteiger charge is -2.26. The third-order valence-electron chi connectivity index (χ3n) is 6.59. The lowest BCUT2D eigenvalue weighted by Crippen LogP contribution is -2.26. The van der Waals surface area contributed by atoms with Crippen LogP contribution in [0, 0.1) is 10.1 Å². The van der Waals surface area contributed by atoms with Crippen molar-refractivity contribution in [2.45, 2.75) is 38.5 Å². The molecular weight excluding hydrogens is 536 g/mol. The maximum Gasteiger partial charge on any atom is 0.269 e. The van der Waals surface area contributed by atoms with Crippen LogP contribution in [0.2, 0.25) is 0 Å². The van der Waals surface area contributed by atoms with Gasteiger partial charge in [0.15, 0.2) is 6.23 Å². The zero-order valence-electron chi connectivity index (χ0n) is 23.7. The van der Waals surface area contributed by atoms with Crippen LogP contribution in [0.5, 0.6) is 11.5 Å². The van der Waals surface area contributed by atoms with E-state index >= 15 is 0 Å². The Labute approximate surface area is 244 Å². The summed E-state index contributed by atoms with van der Waals surface area (Å²) in [6, 6.07) is 28.5. The summed E-state index contributed by atoms with van der Waals surface area (Å²) in [5, 5.41) is 41.8. The predicted molar refractivity (Wildman–Crippen MR) is 161 cm³/mol. The van der Waals surface area contributed by atoms with Gasteiger partial charge < -0.3 is 25.0 Å². The summed E-state index contributed by atoms with van der Waals surface area (Å²) in [4.78, 5) is 10.3. The van der Waals surface area contributed by atoms with Crippen molar-refractivity contribution in [1.82, 2.24) is 0 Å². The minimum atomic E-state index is -0.941. The highest BCUT2D eigenvalue weighted by Gasteiger charge is 2.23. The van der Waals surface area contributed by atoms with Crippen LogP contribution in [-0.4, -0.2) is 40.7 Å². The number of nitro groups is 1.